The van der Waals surface area contributed by atoms with E-state index >= 15 is 0 Å². The van der Waals surface area contributed by atoms with E-state index in [2.05, 4.69) is 0 Å². The summed E-state index contributed by atoms with van der Waals surface area (Å²) >= 11 is 2.85. The molecule has 0 aliphatic heterocycles. The number of carbonyl (C=O) groups excluding carboxylic acids is 1. The van der Waals surface area contributed by atoms with Crippen LogP contribution in [0.5, 0.6) is 0 Å². The largest absolute Gasteiger partial charge is 0.370 e. The molecule has 2 aromatic heterocycles. The molecular formula is C21H17N3O2S2. The number of para-hydroxylation sites is 1. The Bertz CT molecular complexity index is 1180. The standard InChI is InChI=1S/C21H17N3O2S2/c22-18(25)11-12-27-21-23-19-16(13-17(28-19)14-7-3-1-4-8-14)20(26)24(21)15-9-5-2-6-10-15/h1-10,13H,11-12H2,(H2,22,25). The topological polar surface area (TPSA) is 78.0 Å². The van der Waals surface area contributed by atoms with Gasteiger partial charge in [-0.25, -0.2) is 4.98 Å². The monoisotopic (exact) mass is 407 g/mol. The molecule has 7 heteroatoms. The molecule has 140 valence electrons. The van der Waals surface area contributed by atoms with Crippen molar-refractivity contribution in [2.75, 3.05) is 5.75 Å². The number of carbonyl (C=O) groups is 1. The van der Waals surface area contributed by atoms with E-state index in [0.29, 0.717) is 21.1 Å². The molecule has 0 aliphatic rings. The molecule has 2 heterocycles. The van der Waals surface area contributed by atoms with E-state index in [1.54, 1.807) is 4.57 Å². The number of primary amides is 1. The van der Waals surface area contributed by atoms with Crippen LogP contribution in [0.3, 0.4) is 0 Å². The zero-order chi connectivity index (χ0) is 19.5. The molecule has 2 N–H and O–H groups in total. The van der Waals surface area contributed by atoms with Crippen LogP contribution < -0.4 is 11.3 Å². The van der Waals surface area contributed by atoms with E-state index in [1.165, 1.54) is 23.1 Å². The second-order valence-corrected chi connectivity index (χ2v) is 8.22. The van der Waals surface area contributed by atoms with Crippen molar-refractivity contribution in [2.45, 2.75) is 11.6 Å². The molecule has 4 aromatic rings. The van der Waals surface area contributed by atoms with Crippen molar-refractivity contribution in [3.63, 3.8) is 0 Å². The first-order chi connectivity index (χ1) is 13.6. The molecule has 0 fully saturated rings. The molecule has 0 aliphatic carbocycles. The fraction of sp³-hybridized carbons (Fsp3) is 0.0952. The number of thioether (sulfide) groups is 1. The van der Waals surface area contributed by atoms with Gasteiger partial charge in [0.2, 0.25) is 5.91 Å². The van der Waals surface area contributed by atoms with Crippen LogP contribution in [-0.2, 0) is 4.79 Å². The molecule has 1 amide bonds. The highest BCUT2D eigenvalue weighted by Crippen LogP contribution is 2.32. The Labute approximate surface area is 169 Å². The van der Waals surface area contributed by atoms with Gasteiger partial charge in [0, 0.05) is 17.1 Å². The van der Waals surface area contributed by atoms with E-state index in [-0.39, 0.29) is 17.9 Å². The zero-order valence-electron chi connectivity index (χ0n) is 14.9. The Morgan fingerprint density at radius 1 is 1.07 bits per heavy atom. The summed E-state index contributed by atoms with van der Waals surface area (Å²) in [6, 6.07) is 21.3. The smallest absolute Gasteiger partial charge is 0.267 e. The average Bonchev–Trinajstić information content (AvgIpc) is 3.14. The van der Waals surface area contributed by atoms with Crippen LogP contribution in [0, 0.1) is 0 Å². The van der Waals surface area contributed by atoms with E-state index in [1.807, 2.05) is 66.7 Å². The number of hydrogen-bond acceptors (Lipinski definition) is 5. The minimum atomic E-state index is -0.371. The van der Waals surface area contributed by atoms with Gasteiger partial charge in [-0.05, 0) is 23.8 Å². The van der Waals surface area contributed by atoms with Crippen LogP contribution in [0.1, 0.15) is 6.42 Å². The predicted octanol–water partition coefficient (Wildman–Crippen LogP) is 4.08. The van der Waals surface area contributed by atoms with Crippen molar-refractivity contribution in [1.82, 2.24) is 9.55 Å². The minimum Gasteiger partial charge on any atom is -0.370 e. The summed E-state index contributed by atoms with van der Waals surface area (Å²) in [4.78, 5) is 30.9. The number of hydrogen-bond donors (Lipinski definition) is 1. The summed E-state index contributed by atoms with van der Waals surface area (Å²) in [6.07, 6.45) is 0.229. The molecule has 0 saturated heterocycles. The van der Waals surface area contributed by atoms with Crippen LogP contribution in [0.2, 0.25) is 0 Å². The molecule has 0 spiro atoms. The molecule has 0 unspecified atom stereocenters. The highest BCUT2D eigenvalue weighted by atomic mass is 32.2. The van der Waals surface area contributed by atoms with Crippen molar-refractivity contribution in [2.24, 2.45) is 5.73 Å². The van der Waals surface area contributed by atoms with Gasteiger partial charge in [-0.1, -0.05) is 60.3 Å². The fourth-order valence-electron chi connectivity index (χ4n) is 2.85. The van der Waals surface area contributed by atoms with E-state index < -0.39 is 0 Å². The fourth-order valence-corrected chi connectivity index (χ4v) is 4.90. The van der Waals surface area contributed by atoms with E-state index in [4.69, 9.17) is 10.7 Å². The summed E-state index contributed by atoms with van der Waals surface area (Å²) in [7, 11) is 0. The Kier molecular flexibility index (Phi) is 5.27. The normalized spacial score (nSPS) is 11.0. The Balaban J connectivity index is 1.87. The SMILES string of the molecule is NC(=O)CCSc1nc2sc(-c3ccccc3)cc2c(=O)n1-c1ccccc1. The van der Waals surface area contributed by atoms with Gasteiger partial charge in [-0.2, -0.15) is 0 Å². The van der Waals surface area contributed by atoms with Crippen LogP contribution >= 0.6 is 23.1 Å². The average molecular weight is 408 g/mol. The van der Waals surface area contributed by atoms with Gasteiger partial charge in [0.1, 0.15) is 4.83 Å². The summed E-state index contributed by atoms with van der Waals surface area (Å²) in [5.74, 6) is 0.0986. The minimum absolute atomic E-state index is 0.115. The lowest BCUT2D eigenvalue weighted by atomic mass is 10.2. The number of fused-ring (bicyclic) bond motifs is 1. The summed E-state index contributed by atoms with van der Waals surface area (Å²) in [5, 5.41) is 1.15. The number of rotatable bonds is 6. The first kappa shape index (κ1) is 18.5. The maximum absolute atomic E-state index is 13.3. The summed E-state index contributed by atoms with van der Waals surface area (Å²) in [5.41, 5.74) is 6.94. The van der Waals surface area contributed by atoms with Crippen molar-refractivity contribution in [1.29, 1.82) is 0 Å². The molecular weight excluding hydrogens is 390 g/mol. The Morgan fingerprint density at radius 2 is 1.75 bits per heavy atom. The summed E-state index contributed by atoms with van der Waals surface area (Å²) < 4.78 is 1.61. The van der Waals surface area contributed by atoms with E-state index in [9.17, 15) is 9.59 Å². The van der Waals surface area contributed by atoms with Crippen molar-refractivity contribution in [3.05, 3.63) is 77.1 Å². The number of nitrogens with two attached hydrogens (primary N) is 1. The maximum Gasteiger partial charge on any atom is 0.267 e. The highest BCUT2D eigenvalue weighted by molar-refractivity contribution is 7.99. The van der Waals surface area contributed by atoms with Crippen LogP contribution in [0.4, 0.5) is 0 Å². The zero-order valence-corrected chi connectivity index (χ0v) is 16.5. The lowest BCUT2D eigenvalue weighted by molar-refractivity contribution is -0.117. The Hall–Kier alpha value is -2.90. The van der Waals surface area contributed by atoms with Gasteiger partial charge in [0.05, 0.1) is 11.1 Å². The van der Waals surface area contributed by atoms with Gasteiger partial charge >= 0.3 is 0 Å². The molecule has 5 nitrogen and oxygen atoms in total. The number of thiophene rings is 1. The van der Waals surface area contributed by atoms with E-state index in [0.717, 1.165) is 16.1 Å². The first-order valence-corrected chi connectivity index (χ1v) is 10.5. The molecule has 4 rings (SSSR count). The lowest BCUT2D eigenvalue weighted by Crippen LogP contribution is -2.21. The highest BCUT2D eigenvalue weighted by Gasteiger charge is 2.16. The number of amides is 1. The molecule has 0 bridgehead atoms. The number of aromatic nitrogens is 2. The lowest BCUT2D eigenvalue weighted by Gasteiger charge is -2.11. The molecule has 28 heavy (non-hydrogen) atoms. The molecule has 0 saturated carbocycles. The van der Waals surface area contributed by atoms with Crippen LogP contribution in [0.25, 0.3) is 26.3 Å². The maximum atomic E-state index is 13.3. The van der Waals surface area contributed by atoms with Crippen molar-refractivity contribution >= 4 is 39.2 Å². The molecule has 0 atom stereocenters. The first-order valence-electron chi connectivity index (χ1n) is 8.72. The third kappa shape index (κ3) is 3.72. The molecule has 0 radical (unpaired) electrons. The predicted molar refractivity (Wildman–Crippen MR) is 115 cm³/mol. The van der Waals surface area contributed by atoms with Gasteiger partial charge in [-0.15, -0.1) is 11.3 Å². The third-order valence-electron chi connectivity index (χ3n) is 4.19. The van der Waals surface area contributed by atoms with Gasteiger partial charge in [-0.3, -0.25) is 14.2 Å². The second kappa shape index (κ2) is 8.00. The van der Waals surface area contributed by atoms with Crippen LogP contribution in [0.15, 0.2) is 76.7 Å². The van der Waals surface area contributed by atoms with Crippen molar-refractivity contribution in [3.8, 4) is 16.1 Å². The number of nitrogens with zero attached hydrogens (tertiary/aromatic N) is 2. The van der Waals surface area contributed by atoms with Gasteiger partial charge < -0.3 is 5.73 Å². The van der Waals surface area contributed by atoms with Gasteiger partial charge in [0.15, 0.2) is 5.16 Å². The molecule has 2 aromatic carbocycles. The van der Waals surface area contributed by atoms with Gasteiger partial charge in [0.25, 0.3) is 5.56 Å². The third-order valence-corrected chi connectivity index (χ3v) is 6.21. The van der Waals surface area contributed by atoms with Crippen molar-refractivity contribution < 1.29 is 4.79 Å². The quantitative estimate of drug-likeness (QED) is 0.386. The Morgan fingerprint density at radius 3 is 2.43 bits per heavy atom. The summed E-state index contributed by atoms with van der Waals surface area (Å²) in [6.45, 7) is 0. The van der Waals surface area contributed by atoms with Crippen LogP contribution in [-0.4, -0.2) is 21.2 Å². The second-order valence-electron chi connectivity index (χ2n) is 6.13. The number of benzene rings is 2.